The molecule has 1 atom stereocenters. The molecule has 2 saturated carbocycles. The van der Waals surface area contributed by atoms with Crippen LogP contribution in [0.4, 0.5) is 5.69 Å². The zero-order valence-electron chi connectivity index (χ0n) is 55.7. The van der Waals surface area contributed by atoms with Crippen LogP contribution in [0, 0.1) is 11.8 Å². The molecule has 1 N–H and O–H groups in total. The van der Waals surface area contributed by atoms with E-state index in [9.17, 15) is 33.6 Å². The lowest BCUT2D eigenvalue weighted by molar-refractivity contribution is -0.143. The van der Waals surface area contributed by atoms with E-state index >= 15 is 0 Å². The van der Waals surface area contributed by atoms with E-state index in [2.05, 4.69) is 24.5 Å². The maximum Gasteiger partial charge on any atom is 0.339 e. The summed E-state index contributed by atoms with van der Waals surface area (Å²) in [6.07, 6.45) is 16.8. The SMILES string of the molecule is C=CC(=O)OCCCCCCOc1ccc(OC(=O)[C@H]2CC[C@H](OC(=O)c3ccc(OC(=O)[C@H]4CC[C@H](OC(=O)c5ccc(OCCCCCCOC(=O)C=C)cc5)CC4)cc3/C=N/N(CCCCCCOC(=O)Cc3cccc4ccccc34)C3Nc4ccccc4S3)CC2)cc1. The summed E-state index contributed by atoms with van der Waals surface area (Å²) in [4.78, 5) is 91.4. The highest BCUT2D eigenvalue weighted by Gasteiger charge is 2.33. The molecule has 9 rings (SSSR count). The van der Waals surface area contributed by atoms with Gasteiger partial charge in [0.15, 0.2) is 5.50 Å². The second-order valence-corrected chi connectivity index (χ2v) is 25.7. The number of carbonyl (C=O) groups is 7. The molecular weight excluding hydrogens is 1270 g/mol. The van der Waals surface area contributed by atoms with Crippen LogP contribution in [0.1, 0.15) is 160 Å². The van der Waals surface area contributed by atoms with E-state index in [1.807, 2.05) is 65.7 Å². The van der Waals surface area contributed by atoms with E-state index < -0.39 is 47.8 Å². The first-order chi connectivity index (χ1) is 47.9. The van der Waals surface area contributed by atoms with E-state index in [0.717, 1.165) is 110 Å². The first kappa shape index (κ1) is 72.8. The average molecular weight is 1360 g/mol. The average Bonchev–Trinajstić information content (AvgIpc) is 1.58. The predicted molar refractivity (Wildman–Crippen MR) is 374 cm³/mol. The van der Waals surface area contributed by atoms with Crippen molar-refractivity contribution in [3.05, 3.63) is 181 Å². The third kappa shape index (κ3) is 23.4. The van der Waals surface area contributed by atoms with Crippen LogP contribution in [0.25, 0.3) is 10.8 Å². The largest absolute Gasteiger partial charge is 0.494 e. The number of thioether (sulfide) groups is 1. The van der Waals surface area contributed by atoms with Gasteiger partial charge in [-0.05, 0) is 217 Å². The highest BCUT2D eigenvalue weighted by molar-refractivity contribution is 8.00. The Bertz CT molecular complexity index is 3620. The van der Waals surface area contributed by atoms with Crippen molar-refractivity contribution in [2.45, 2.75) is 157 Å². The van der Waals surface area contributed by atoms with Gasteiger partial charge in [-0.2, -0.15) is 5.10 Å². The first-order valence-corrected chi connectivity index (χ1v) is 35.2. The zero-order valence-corrected chi connectivity index (χ0v) is 56.5. The van der Waals surface area contributed by atoms with Crippen molar-refractivity contribution < 1.29 is 76.2 Å². The lowest BCUT2D eigenvalue weighted by Crippen LogP contribution is -2.33. The minimum atomic E-state index is -0.586. The number of benzene rings is 6. The normalized spacial score (nSPS) is 17.1. The van der Waals surface area contributed by atoms with Crippen molar-refractivity contribution in [2.24, 2.45) is 16.9 Å². The molecule has 1 heterocycles. The topological polar surface area (TPSA) is 230 Å². The minimum Gasteiger partial charge on any atom is -0.494 e. The Morgan fingerprint density at radius 2 is 1.02 bits per heavy atom. The summed E-state index contributed by atoms with van der Waals surface area (Å²) in [6, 6.07) is 40.6. The van der Waals surface area contributed by atoms with Crippen molar-refractivity contribution in [1.82, 2.24) is 5.01 Å². The molecule has 6 aromatic rings. The van der Waals surface area contributed by atoms with Crippen LogP contribution in [0.3, 0.4) is 0 Å². The molecule has 0 aromatic heterocycles. The highest BCUT2D eigenvalue weighted by Crippen LogP contribution is 2.40. The van der Waals surface area contributed by atoms with Crippen LogP contribution in [0.5, 0.6) is 23.0 Å². The molecule has 20 heteroatoms. The summed E-state index contributed by atoms with van der Waals surface area (Å²) in [5.74, 6) is -1.86. The molecule has 1 unspecified atom stereocenters. The summed E-state index contributed by atoms with van der Waals surface area (Å²) in [5, 5.41) is 12.7. The summed E-state index contributed by atoms with van der Waals surface area (Å²) >= 11 is 1.63. The Balaban J connectivity index is 0.784. The Hall–Kier alpha value is -9.43. The maximum atomic E-state index is 14.4. The van der Waals surface area contributed by atoms with Gasteiger partial charge in [0, 0.05) is 29.2 Å². The first-order valence-electron chi connectivity index (χ1n) is 34.4. The van der Waals surface area contributed by atoms with Crippen molar-refractivity contribution >= 4 is 76.2 Å². The third-order valence-corrected chi connectivity index (χ3v) is 18.6. The van der Waals surface area contributed by atoms with Crippen molar-refractivity contribution in [3.8, 4) is 23.0 Å². The van der Waals surface area contributed by atoms with Crippen molar-refractivity contribution in [2.75, 3.05) is 44.9 Å². The fourth-order valence-electron chi connectivity index (χ4n) is 11.9. The molecule has 0 radical (unpaired) electrons. The lowest BCUT2D eigenvalue weighted by atomic mass is 9.87. The van der Waals surface area contributed by atoms with Gasteiger partial charge >= 0.3 is 41.8 Å². The van der Waals surface area contributed by atoms with Crippen LogP contribution in [0.2, 0.25) is 0 Å². The summed E-state index contributed by atoms with van der Waals surface area (Å²) in [5.41, 5.74) is 2.61. The molecule has 0 spiro atoms. The van der Waals surface area contributed by atoms with Gasteiger partial charge in [-0.3, -0.25) is 19.4 Å². The third-order valence-electron chi connectivity index (χ3n) is 17.4. The van der Waals surface area contributed by atoms with Gasteiger partial charge in [-0.25, -0.2) is 19.2 Å². The molecule has 19 nitrogen and oxygen atoms in total. The summed E-state index contributed by atoms with van der Waals surface area (Å²) < 4.78 is 51.4. The van der Waals surface area contributed by atoms with E-state index in [0.29, 0.717) is 126 Å². The van der Waals surface area contributed by atoms with Crippen molar-refractivity contribution in [1.29, 1.82) is 0 Å². The molecule has 98 heavy (non-hydrogen) atoms. The summed E-state index contributed by atoms with van der Waals surface area (Å²) in [6.45, 7) is 9.41. The summed E-state index contributed by atoms with van der Waals surface area (Å²) in [7, 11) is 0. The quantitative estimate of drug-likeness (QED) is 0.00722. The molecule has 1 aliphatic heterocycles. The van der Waals surface area contributed by atoms with E-state index in [-0.39, 0.29) is 41.3 Å². The molecule has 3 aliphatic rings. The second kappa shape index (κ2) is 39.1. The number of fused-ring (bicyclic) bond motifs is 2. The Morgan fingerprint density at radius 1 is 0.510 bits per heavy atom. The Kier molecular flexibility index (Phi) is 29.1. The van der Waals surface area contributed by atoms with Crippen LogP contribution in [-0.2, 0) is 54.1 Å². The number of hydrogen-bond acceptors (Lipinski definition) is 20. The number of para-hydroxylation sites is 1. The molecular formula is C78H89N3O16S. The maximum absolute atomic E-state index is 14.4. The fourth-order valence-corrected chi connectivity index (χ4v) is 13.0. The number of nitrogens with zero attached hydrogens (tertiary/aromatic N) is 2. The molecule has 2 fully saturated rings. The van der Waals surface area contributed by atoms with Gasteiger partial charge in [0.1, 0.15) is 35.2 Å². The van der Waals surface area contributed by atoms with Crippen LogP contribution >= 0.6 is 11.8 Å². The highest BCUT2D eigenvalue weighted by atomic mass is 32.2. The van der Waals surface area contributed by atoms with Gasteiger partial charge < -0.3 is 47.9 Å². The standard InChI is InChI=1S/C78H89N3O16S/c1-3-71(82)91-49-19-9-7-16-47-89-61-34-28-56(29-35-61)74(85)94-63-36-30-58(31-37-63)76(87)97-66-44-45-68(77(88)96-64-38-32-57(33-39-64)75(86)95-65-42-40-62(41-43-65)90-48-17-8-10-20-50-92-72(83)4-2)60(52-66)54-79-81(78-80-69-26-13-14-27-70(69)98-78)46-15-5-6-18-51-93-73(84)53-59-24-21-23-55-22-11-12-25-67(55)59/h3-4,11-14,21-29,34-35,40-45,52,54,57-58,63-64,78,80H,1-2,5-10,15-20,30-33,36-39,46-51,53H2/b79-54+/t57-,58-,63-,64-,78?. The Morgan fingerprint density at radius 3 is 1.63 bits per heavy atom. The monoisotopic (exact) mass is 1360 g/mol. The molecule has 0 saturated heterocycles. The number of carbonyl (C=O) groups excluding carboxylic acids is 7. The lowest BCUT2D eigenvalue weighted by Gasteiger charge is -2.27. The molecule has 0 bridgehead atoms. The number of esters is 7. The molecule has 2 aliphatic carbocycles. The smallest absolute Gasteiger partial charge is 0.339 e. The number of nitrogens with one attached hydrogen (secondary N) is 1. The van der Waals surface area contributed by atoms with Crippen LogP contribution in [-0.4, -0.2) is 110 Å². The number of anilines is 1. The van der Waals surface area contributed by atoms with Gasteiger partial charge in [0.05, 0.1) is 74.3 Å². The number of unbranched alkanes of at least 4 members (excludes halogenated alkanes) is 9. The fraction of sp³-hybridized carbons (Fsp3) is 0.410. The molecule has 6 aromatic carbocycles. The van der Waals surface area contributed by atoms with Gasteiger partial charge in [-0.1, -0.05) is 85.9 Å². The van der Waals surface area contributed by atoms with Gasteiger partial charge in [0.2, 0.25) is 0 Å². The second-order valence-electron chi connectivity index (χ2n) is 24.6. The van der Waals surface area contributed by atoms with E-state index in [1.54, 1.807) is 84.7 Å². The number of ether oxygens (including phenoxy) is 9. The molecule has 0 amide bonds. The van der Waals surface area contributed by atoms with Crippen LogP contribution < -0.4 is 24.3 Å². The van der Waals surface area contributed by atoms with E-state index in [4.69, 9.17) is 47.7 Å². The van der Waals surface area contributed by atoms with E-state index in [1.165, 1.54) is 0 Å². The van der Waals surface area contributed by atoms with Crippen LogP contribution in [0.15, 0.2) is 169 Å². The number of hydrazone groups is 1. The van der Waals surface area contributed by atoms with Gasteiger partial charge in [0.25, 0.3) is 0 Å². The zero-order chi connectivity index (χ0) is 68.7. The number of rotatable bonds is 38. The molecule has 518 valence electrons. The minimum absolute atomic E-state index is 0.202. The number of hydrogen-bond donors (Lipinski definition) is 1. The van der Waals surface area contributed by atoms with Gasteiger partial charge in [-0.15, -0.1) is 0 Å². The predicted octanol–water partition coefficient (Wildman–Crippen LogP) is 15.3. The van der Waals surface area contributed by atoms with Crippen molar-refractivity contribution in [3.63, 3.8) is 0 Å². The Labute approximate surface area is 577 Å².